The number of nitrogens with zero attached hydrogens (tertiary/aromatic N) is 1. The van der Waals surface area contributed by atoms with Gasteiger partial charge in [0, 0.05) is 21.0 Å². The minimum Gasteiger partial charge on any atom is -0.367 e. The minimum atomic E-state index is -1.22. The minimum absolute atomic E-state index is 0.452. The molecule has 2 atom stereocenters. The summed E-state index contributed by atoms with van der Waals surface area (Å²) in [5.41, 5.74) is 6.93. The highest BCUT2D eigenvalue weighted by Gasteiger charge is 2.65. The summed E-state index contributed by atoms with van der Waals surface area (Å²) < 4.78 is 5.76. The van der Waals surface area contributed by atoms with Crippen LogP contribution in [0.1, 0.15) is 16.7 Å². The van der Waals surface area contributed by atoms with Crippen LogP contribution in [0.3, 0.4) is 0 Å². The zero-order valence-electron chi connectivity index (χ0n) is 12.8. The Bertz CT molecular complexity index is 940. The summed E-state index contributed by atoms with van der Waals surface area (Å²) in [6, 6.07) is 14.5. The Morgan fingerprint density at radius 3 is 2.28 bits per heavy atom. The van der Waals surface area contributed by atoms with E-state index in [-0.39, 0.29) is 0 Å². The maximum atomic E-state index is 12.1. The van der Waals surface area contributed by atoms with E-state index in [1.807, 2.05) is 29.6 Å². The second-order valence-electron chi connectivity index (χ2n) is 5.69. The van der Waals surface area contributed by atoms with Crippen LogP contribution in [-0.4, -0.2) is 10.9 Å². The molecule has 126 valence electrons. The Kier molecular flexibility index (Phi) is 4.04. The van der Waals surface area contributed by atoms with Gasteiger partial charge in [-0.15, -0.1) is 11.3 Å². The second-order valence-corrected chi connectivity index (χ2v) is 7.43. The molecular weight excluding hydrogens is 379 g/mol. The van der Waals surface area contributed by atoms with Gasteiger partial charge in [0.2, 0.25) is 5.60 Å². The predicted molar refractivity (Wildman–Crippen MR) is 98.7 cm³/mol. The van der Waals surface area contributed by atoms with Crippen molar-refractivity contribution in [3.8, 4) is 11.3 Å². The van der Waals surface area contributed by atoms with E-state index in [2.05, 4.69) is 4.98 Å². The fraction of sp³-hybridized carbons (Fsp3) is 0.111. The van der Waals surface area contributed by atoms with Crippen LogP contribution in [-0.2, 0) is 15.1 Å². The van der Waals surface area contributed by atoms with Gasteiger partial charge >= 0.3 is 0 Å². The van der Waals surface area contributed by atoms with Crippen molar-refractivity contribution in [3.63, 3.8) is 0 Å². The average Bonchev–Trinajstić information content (AvgIpc) is 3.17. The van der Waals surface area contributed by atoms with Crippen LogP contribution in [0.2, 0.25) is 10.0 Å². The number of rotatable bonds is 4. The van der Waals surface area contributed by atoms with Gasteiger partial charge in [-0.1, -0.05) is 47.5 Å². The summed E-state index contributed by atoms with van der Waals surface area (Å²) in [5.74, 6) is -0.551. The van der Waals surface area contributed by atoms with Crippen LogP contribution in [0.5, 0.6) is 0 Å². The van der Waals surface area contributed by atoms with Crippen molar-refractivity contribution in [2.75, 3.05) is 0 Å². The molecule has 1 aromatic heterocycles. The number of primary amides is 1. The van der Waals surface area contributed by atoms with Gasteiger partial charge in [-0.3, -0.25) is 4.79 Å². The van der Waals surface area contributed by atoms with E-state index in [4.69, 9.17) is 33.7 Å². The number of ether oxygens (including phenoxy) is 1. The zero-order chi connectivity index (χ0) is 17.6. The van der Waals surface area contributed by atoms with Gasteiger partial charge in [-0.25, -0.2) is 4.98 Å². The third kappa shape index (κ3) is 2.83. The van der Waals surface area contributed by atoms with Crippen molar-refractivity contribution in [2.24, 2.45) is 5.73 Å². The van der Waals surface area contributed by atoms with Crippen LogP contribution < -0.4 is 5.73 Å². The number of hydrogen-bond acceptors (Lipinski definition) is 4. The Morgan fingerprint density at radius 2 is 1.68 bits per heavy atom. The lowest BCUT2D eigenvalue weighted by Gasteiger charge is -2.05. The van der Waals surface area contributed by atoms with Crippen LogP contribution in [0.4, 0.5) is 0 Å². The van der Waals surface area contributed by atoms with E-state index in [1.54, 1.807) is 24.3 Å². The number of aromatic nitrogens is 1. The molecule has 0 unspecified atom stereocenters. The van der Waals surface area contributed by atoms with Gasteiger partial charge in [0.15, 0.2) is 0 Å². The Balaban J connectivity index is 1.68. The van der Waals surface area contributed by atoms with Crippen molar-refractivity contribution in [3.05, 3.63) is 74.5 Å². The number of halogens is 2. The number of carbonyl (C=O) groups excluding carboxylic acids is 1. The van der Waals surface area contributed by atoms with Gasteiger partial charge in [-0.2, -0.15) is 0 Å². The fourth-order valence-corrected chi connectivity index (χ4v) is 3.99. The van der Waals surface area contributed by atoms with E-state index in [0.717, 1.165) is 16.8 Å². The van der Waals surface area contributed by atoms with Crippen LogP contribution in [0.25, 0.3) is 11.3 Å². The van der Waals surface area contributed by atoms with Crippen molar-refractivity contribution in [1.82, 2.24) is 4.98 Å². The predicted octanol–water partition coefficient (Wildman–Crippen LogP) is 4.57. The summed E-state index contributed by atoms with van der Waals surface area (Å²) in [6.45, 7) is 0. The van der Waals surface area contributed by atoms with Crippen LogP contribution >= 0.6 is 34.5 Å². The maximum absolute atomic E-state index is 12.1. The Morgan fingerprint density at radius 1 is 1.08 bits per heavy atom. The van der Waals surface area contributed by atoms with E-state index >= 15 is 0 Å². The highest BCUT2D eigenvalue weighted by Crippen LogP contribution is 2.57. The highest BCUT2D eigenvalue weighted by atomic mass is 35.5. The van der Waals surface area contributed by atoms with Crippen molar-refractivity contribution < 1.29 is 9.53 Å². The lowest BCUT2D eigenvalue weighted by atomic mass is 9.99. The molecule has 0 bridgehead atoms. The lowest BCUT2D eigenvalue weighted by molar-refractivity contribution is -0.123. The first-order valence-corrected chi connectivity index (χ1v) is 9.09. The summed E-state index contributed by atoms with van der Waals surface area (Å²) in [6.07, 6.45) is -0.452. The molecule has 2 heterocycles. The largest absolute Gasteiger partial charge is 0.367 e. The number of epoxide rings is 1. The van der Waals surface area contributed by atoms with Gasteiger partial charge in [0.25, 0.3) is 5.91 Å². The molecular formula is C18H12Cl2N2O2S. The zero-order valence-corrected chi connectivity index (χ0v) is 15.1. The molecule has 1 aliphatic heterocycles. The Labute approximate surface area is 158 Å². The van der Waals surface area contributed by atoms with Gasteiger partial charge < -0.3 is 10.5 Å². The molecule has 2 N–H and O–H groups in total. The highest BCUT2D eigenvalue weighted by molar-refractivity contribution is 7.10. The Hall–Kier alpha value is -1.92. The molecule has 7 heteroatoms. The number of benzene rings is 2. The molecule has 0 aliphatic carbocycles. The maximum Gasteiger partial charge on any atom is 0.260 e. The van der Waals surface area contributed by atoms with Gasteiger partial charge in [-0.05, 0) is 29.8 Å². The summed E-state index contributed by atoms with van der Waals surface area (Å²) in [7, 11) is 0. The van der Waals surface area contributed by atoms with E-state index in [1.165, 1.54) is 11.3 Å². The summed E-state index contributed by atoms with van der Waals surface area (Å²) in [4.78, 5) is 16.7. The molecule has 4 nitrogen and oxygen atoms in total. The second kappa shape index (κ2) is 6.11. The molecule has 3 aromatic rings. The van der Waals surface area contributed by atoms with Crippen molar-refractivity contribution >= 4 is 40.4 Å². The van der Waals surface area contributed by atoms with Crippen molar-refractivity contribution in [2.45, 2.75) is 11.7 Å². The quantitative estimate of drug-likeness (QED) is 0.663. The summed E-state index contributed by atoms with van der Waals surface area (Å²) in [5, 5.41) is 3.70. The number of thiazole rings is 1. The molecule has 1 fully saturated rings. The number of hydrogen-bond donors (Lipinski definition) is 1. The molecule has 0 spiro atoms. The molecule has 0 radical (unpaired) electrons. The number of amides is 1. The molecule has 1 amide bonds. The molecule has 2 aromatic carbocycles. The molecule has 4 rings (SSSR count). The number of nitrogens with two attached hydrogens (primary N) is 1. The normalized spacial score (nSPS) is 21.9. The van der Waals surface area contributed by atoms with Crippen LogP contribution in [0.15, 0.2) is 53.9 Å². The van der Waals surface area contributed by atoms with E-state index in [0.29, 0.717) is 15.1 Å². The third-order valence-corrected chi connectivity index (χ3v) is 5.58. The first-order valence-electron chi connectivity index (χ1n) is 7.46. The molecule has 0 saturated carbocycles. The monoisotopic (exact) mass is 390 g/mol. The first-order chi connectivity index (χ1) is 12.0. The average molecular weight is 391 g/mol. The topological polar surface area (TPSA) is 68.5 Å². The van der Waals surface area contributed by atoms with Crippen molar-refractivity contribution in [1.29, 1.82) is 0 Å². The SMILES string of the molecule is NC(=O)[C@@]1(c2nc(-c3ccc(Cl)cc3)cs2)O[C@H]1c1ccc(Cl)cc1. The van der Waals surface area contributed by atoms with Gasteiger partial charge in [0.05, 0.1) is 5.69 Å². The number of carbonyl (C=O) groups is 1. The van der Waals surface area contributed by atoms with Gasteiger partial charge in [0.1, 0.15) is 11.1 Å². The molecule has 1 saturated heterocycles. The lowest BCUT2D eigenvalue weighted by Crippen LogP contribution is -2.30. The smallest absolute Gasteiger partial charge is 0.260 e. The van der Waals surface area contributed by atoms with E-state index < -0.39 is 17.6 Å². The molecule has 1 aliphatic rings. The third-order valence-electron chi connectivity index (χ3n) is 4.12. The molecule has 25 heavy (non-hydrogen) atoms. The van der Waals surface area contributed by atoms with Crippen LogP contribution in [0, 0.1) is 0 Å². The fourth-order valence-electron chi connectivity index (χ4n) is 2.74. The standard InChI is InChI=1S/C18H12Cl2N2O2S/c19-12-5-1-10(2-6-12)14-9-25-17(22-14)18(16(21)23)15(24-18)11-3-7-13(20)8-4-11/h1-9,15H,(H2,21,23)/t15-,18-/m0/s1. The summed E-state index contributed by atoms with van der Waals surface area (Å²) >= 11 is 13.2. The first kappa shape index (κ1) is 16.5. The van der Waals surface area contributed by atoms with E-state index in [9.17, 15) is 4.79 Å².